The van der Waals surface area contributed by atoms with E-state index in [0.29, 0.717) is 16.6 Å². The smallest absolute Gasteiger partial charge is 0.251 e. The van der Waals surface area contributed by atoms with Crippen molar-refractivity contribution in [1.82, 2.24) is 20.6 Å². The first-order chi connectivity index (χ1) is 20.5. The number of nitrogens with zero attached hydrogens (tertiary/aromatic N) is 1. The van der Waals surface area contributed by atoms with Crippen LogP contribution in [-0.4, -0.2) is 32.9 Å². The number of carbonyl (C=O) groups is 2. The lowest BCUT2D eigenvalue weighted by Crippen LogP contribution is -2.47. The average molecular weight is 559 g/mol. The Morgan fingerprint density at radius 2 is 1.71 bits per heavy atom. The van der Waals surface area contributed by atoms with Crippen LogP contribution in [0.3, 0.4) is 0 Å². The fraction of sp³-hybridized carbons (Fsp3) is 0.0882. The highest BCUT2D eigenvalue weighted by molar-refractivity contribution is 5.99. The van der Waals surface area contributed by atoms with Gasteiger partial charge in [-0.3, -0.25) is 14.6 Å². The number of benzene rings is 4. The zero-order valence-corrected chi connectivity index (χ0v) is 22.5. The van der Waals surface area contributed by atoms with Crippen LogP contribution in [0.2, 0.25) is 0 Å². The summed E-state index contributed by atoms with van der Waals surface area (Å²) in [5.41, 5.74) is 4.43. The van der Waals surface area contributed by atoms with Crippen LogP contribution in [0.15, 0.2) is 109 Å². The lowest BCUT2D eigenvalue weighted by molar-refractivity contribution is -0.123. The second kappa shape index (κ2) is 11.5. The Hall–Kier alpha value is -5.50. The highest BCUT2D eigenvalue weighted by Gasteiger charge is 2.24. The number of fused-ring (bicyclic) bond motifs is 2. The summed E-state index contributed by atoms with van der Waals surface area (Å²) in [6.07, 6.45) is 3.67. The molecule has 0 aliphatic rings. The molecule has 0 aliphatic carbocycles. The molecule has 4 aromatic carbocycles. The zero-order valence-electron chi connectivity index (χ0n) is 22.5. The molecule has 0 saturated heterocycles. The number of phenolic OH excluding ortho intramolecular Hbond substituents is 1. The Morgan fingerprint density at radius 3 is 2.60 bits per heavy atom. The molecule has 42 heavy (non-hydrogen) atoms. The van der Waals surface area contributed by atoms with Gasteiger partial charge in [-0.2, -0.15) is 0 Å². The summed E-state index contributed by atoms with van der Waals surface area (Å²) in [7, 11) is 0. The number of nitrogens with one attached hydrogen (secondary N) is 3. The number of hydrogen-bond donors (Lipinski definition) is 4. The fourth-order valence-electron chi connectivity index (χ4n) is 5.10. The first-order valence-electron chi connectivity index (χ1n) is 13.5. The Kier molecular flexibility index (Phi) is 7.34. The van der Waals surface area contributed by atoms with E-state index in [1.54, 1.807) is 54.7 Å². The number of phenols is 1. The maximum Gasteiger partial charge on any atom is 0.251 e. The van der Waals surface area contributed by atoms with Crippen molar-refractivity contribution in [2.75, 3.05) is 0 Å². The number of para-hydroxylation sites is 1. The molecule has 1 unspecified atom stereocenters. The number of aromatic hydroxyl groups is 1. The minimum absolute atomic E-state index is 0.0123. The van der Waals surface area contributed by atoms with E-state index in [1.165, 1.54) is 6.07 Å². The molecule has 0 fully saturated rings. The maximum absolute atomic E-state index is 14.2. The lowest BCUT2D eigenvalue weighted by atomic mass is 9.99. The second-order valence-corrected chi connectivity index (χ2v) is 10.1. The average Bonchev–Trinajstić information content (AvgIpc) is 3.43. The third-order valence-corrected chi connectivity index (χ3v) is 7.27. The van der Waals surface area contributed by atoms with Gasteiger partial charge in [-0.15, -0.1) is 0 Å². The quantitative estimate of drug-likeness (QED) is 0.187. The number of carbonyl (C=O) groups excluding carboxylic acids is 2. The van der Waals surface area contributed by atoms with E-state index >= 15 is 0 Å². The van der Waals surface area contributed by atoms with Crippen LogP contribution in [0, 0.1) is 5.82 Å². The molecule has 6 rings (SSSR count). The monoisotopic (exact) mass is 558 g/mol. The van der Waals surface area contributed by atoms with E-state index in [0.717, 1.165) is 33.0 Å². The van der Waals surface area contributed by atoms with Gasteiger partial charge in [-0.05, 0) is 59.2 Å². The van der Waals surface area contributed by atoms with Gasteiger partial charge < -0.3 is 20.7 Å². The Labute approximate surface area is 241 Å². The molecule has 0 aliphatic heterocycles. The summed E-state index contributed by atoms with van der Waals surface area (Å²) in [6, 6.07) is 27.2. The number of amides is 2. The molecule has 2 aromatic heterocycles. The van der Waals surface area contributed by atoms with E-state index in [9.17, 15) is 19.1 Å². The largest absolute Gasteiger partial charge is 0.506 e. The van der Waals surface area contributed by atoms with Crippen LogP contribution < -0.4 is 10.6 Å². The van der Waals surface area contributed by atoms with Crippen LogP contribution in [0.1, 0.15) is 21.5 Å². The molecule has 1 atom stereocenters. The highest BCUT2D eigenvalue weighted by Crippen LogP contribution is 2.31. The van der Waals surface area contributed by atoms with Crippen molar-refractivity contribution in [1.29, 1.82) is 0 Å². The number of H-pyrrole nitrogens is 1. The molecule has 0 spiro atoms. The topological polar surface area (TPSA) is 107 Å². The molecule has 0 saturated carbocycles. The highest BCUT2D eigenvalue weighted by atomic mass is 19.1. The number of pyridine rings is 1. The van der Waals surface area contributed by atoms with Crippen LogP contribution in [0.4, 0.5) is 4.39 Å². The maximum atomic E-state index is 14.2. The first-order valence-corrected chi connectivity index (χ1v) is 13.5. The van der Waals surface area contributed by atoms with E-state index in [1.807, 2.05) is 48.7 Å². The van der Waals surface area contributed by atoms with Crippen molar-refractivity contribution in [2.24, 2.45) is 0 Å². The zero-order chi connectivity index (χ0) is 29.1. The van der Waals surface area contributed by atoms with Crippen molar-refractivity contribution in [3.63, 3.8) is 0 Å². The number of hydrogen-bond acceptors (Lipinski definition) is 4. The minimum atomic E-state index is -0.928. The normalized spacial score (nSPS) is 11.8. The number of aromatic amines is 1. The van der Waals surface area contributed by atoms with Crippen molar-refractivity contribution < 1.29 is 19.1 Å². The summed E-state index contributed by atoms with van der Waals surface area (Å²) >= 11 is 0. The van der Waals surface area contributed by atoms with E-state index in [4.69, 9.17) is 0 Å². The molecule has 2 amide bonds. The summed E-state index contributed by atoms with van der Waals surface area (Å²) in [4.78, 5) is 34.4. The van der Waals surface area contributed by atoms with Crippen LogP contribution >= 0.6 is 0 Å². The second-order valence-electron chi connectivity index (χ2n) is 10.1. The lowest BCUT2D eigenvalue weighted by Gasteiger charge is -2.19. The SMILES string of the molecule is O=C(NC(Cc1c[nH]c2ccccc12)C(=O)NCc1ccccc1F)c1cccc(-c2cc(O)c3ncccc3c2)c1. The molecule has 6 aromatic rings. The van der Waals surface area contributed by atoms with Gasteiger partial charge in [-0.25, -0.2) is 4.39 Å². The van der Waals surface area contributed by atoms with Crippen LogP contribution in [0.25, 0.3) is 32.9 Å². The van der Waals surface area contributed by atoms with Gasteiger partial charge in [0.15, 0.2) is 0 Å². The predicted molar refractivity (Wildman–Crippen MR) is 160 cm³/mol. The Balaban J connectivity index is 1.26. The number of rotatable bonds is 8. The van der Waals surface area contributed by atoms with Crippen molar-refractivity contribution in [2.45, 2.75) is 19.0 Å². The van der Waals surface area contributed by atoms with Gasteiger partial charge in [0.2, 0.25) is 5.91 Å². The minimum Gasteiger partial charge on any atom is -0.506 e. The summed E-state index contributed by atoms with van der Waals surface area (Å²) in [5.74, 6) is -1.24. The molecular formula is C34H27FN4O3. The van der Waals surface area contributed by atoms with Crippen LogP contribution in [-0.2, 0) is 17.8 Å². The molecule has 8 heteroatoms. The van der Waals surface area contributed by atoms with E-state index in [2.05, 4.69) is 20.6 Å². The van der Waals surface area contributed by atoms with Crippen molar-refractivity contribution >= 4 is 33.6 Å². The third-order valence-electron chi connectivity index (χ3n) is 7.27. The third kappa shape index (κ3) is 5.55. The standard InChI is InChI=1S/C34H27FN4O3/c35-28-12-3-1-7-24(28)19-38-34(42)30(17-26-20-37-29-13-4-2-11-27(26)29)39-33(41)23-9-5-8-21(15-23)25-16-22-10-6-14-36-32(22)31(40)18-25/h1-16,18,20,30,37,40H,17,19H2,(H,38,42)(H,39,41). The van der Waals surface area contributed by atoms with Crippen molar-refractivity contribution in [3.05, 3.63) is 132 Å². The van der Waals surface area contributed by atoms with Gasteiger partial charge in [0.1, 0.15) is 23.1 Å². The van der Waals surface area contributed by atoms with Gasteiger partial charge >= 0.3 is 0 Å². The number of aromatic nitrogens is 2. The van der Waals surface area contributed by atoms with E-state index in [-0.39, 0.29) is 18.7 Å². The van der Waals surface area contributed by atoms with Crippen LogP contribution in [0.5, 0.6) is 5.75 Å². The number of halogens is 1. The summed E-state index contributed by atoms with van der Waals surface area (Å²) in [6.45, 7) is -0.0123. The summed E-state index contributed by atoms with van der Waals surface area (Å²) in [5, 5.41) is 17.9. The van der Waals surface area contributed by atoms with Gasteiger partial charge in [0, 0.05) is 52.8 Å². The molecule has 208 valence electrons. The predicted octanol–water partition coefficient (Wildman–Crippen LogP) is 5.89. The summed E-state index contributed by atoms with van der Waals surface area (Å²) < 4.78 is 14.2. The first kappa shape index (κ1) is 26.7. The molecule has 0 radical (unpaired) electrons. The Bertz CT molecular complexity index is 1930. The molecule has 4 N–H and O–H groups in total. The van der Waals surface area contributed by atoms with Gasteiger partial charge in [0.25, 0.3) is 5.91 Å². The van der Waals surface area contributed by atoms with Crippen molar-refractivity contribution in [3.8, 4) is 16.9 Å². The van der Waals surface area contributed by atoms with Gasteiger partial charge in [-0.1, -0.05) is 54.6 Å². The molecule has 7 nitrogen and oxygen atoms in total. The molecule has 2 heterocycles. The molecular weight excluding hydrogens is 531 g/mol. The van der Waals surface area contributed by atoms with E-state index < -0.39 is 23.7 Å². The Morgan fingerprint density at radius 1 is 0.881 bits per heavy atom. The van der Waals surface area contributed by atoms with Gasteiger partial charge in [0.05, 0.1) is 0 Å². The fourth-order valence-corrected chi connectivity index (χ4v) is 5.10. The molecule has 0 bridgehead atoms.